The number of aryl methyl sites for hydroxylation is 1. The third kappa shape index (κ3) is 3.42. The van der Waals surface area contributed by atoms with Gasteiger partial charge in [-0.2, -0.15) is 0 Å². The molecule has 0 radical (unpaired) electrons. The Morgan fingerprint density at radius 1 is 1.43 bits per heavy atom. The number of amides is 1. The Kier molecular flexibility index (Phi) is 4.72. The van der Waals surface area contributed by atoms with Gasteiger partial charge >= 0.3 is 0 Å². The molecule has 0 saturated carbocycles. The van der Waals surface area contributed by atoms with E-state index < -0.39 is 0 Å². The third-order valence-electron chi connectivity index (χ3n) is 4.15. The lowest BCUT2D eigenvalue weighted by Gasteiger charge is -2.23. The van der Waals surface area contributed by atoms with Gasteiger partial charge in [-0.3, -0.25) is 4.79 Å². The number of carbonyl (C=O) groups is 1. The van der Waals surface area contributed by atoms with E-state index in [1.165, 1.54) is 0 Å². The van der Waals surface area contributed by atoms with Crippen molar-refractivity contribution in [3.05, 3.63) is 27.5 Å². The molecule has 3 rings (SSSR count). The van der Waals surface area contributed by atoms with Gasteiger partial charge in [0.1, 0.15) is 5.01 Å². The molecule has 1 fully saturated rings. The van der Waals surface area contributed by atoms with Crippen LogP contribution in [0.15, 0.2) is 6.20 Å². The van der Waals surface area contributed by atoms with E-state index in [1.54, 1.807) is 11.3 Å². The maximum atomic E-state index is 12.5. The molecule has 0 aromatic carbocycles. The number of nitrogens with zero attached hydrogens (tertiary/aromatic N) is 4. The first-order valence-electron chi connectivity index (χ1n) is 7.92. The van der Waals surface area contributed by atoms with E-state index in [2.05, 4.69) is 25.9 Å². The lowest BCUT2D eigenvalue weighted by molar-refractivity contribution is 0.0934. The summed E-state index contributed by atoms with van der Waals surface area (Å²) in [5.74, 6) is -0.192. The molecule has 3 heterocycles. The average molecular weight is 334 g/mol. The second-order valence-electron chi connectivity index (χ2n) is 5.95. The highest BCUT2D eigenvalue weighted by Gasteiger charge is 2.24. The SMILES string of the molecule is Cc1cnc([C@@H](C)NC(=O)c2nnn(C3CCNCC3)c2C)s1. The van der Waals surface area contributed by atoms with Crippen LogP contribution in [0.3, 0.4) is 0 Å². The smallest absolute Gasteiger partial charge is 0.274 e. The van der Waals surface area contributed by atoms with Crippen molar-refractivity contribution in [2.45, 2.75) is 45.7 Å². The second-order valence-corrected chi connectivity index (χ2v) is 7.22. The predicted octanol–water partition coefficient (Wildman–Crippen LogP) is 1.77. The van der Waals surface area contributed by atoms with Crippen molar-refractivity contribution in [2.24, 2.45) is 0 Å². The van der Waals surface area contributed by atoms with E-state index in [0.717, 1.165) is 41.5 Å². The standard InChI is InChI=1S/C15H22N6OS/c1-9-8-17-15(23-9)10(2)18-14(22)13-11(3)21(20-19-13)12-4-6-16-7-5-12/h8,10,12,16H,4-7H2,1-3H3,(H,18,22)/t10-/m1/s1. The van der Waals surface area contributed by atoms with Crippen molar-refractivity contribution in [3.8, 4) is 0 Å². The Labute approximate surface area is 139 Å². The fourth-order valence-corrected chi connectivity index (χ4v) is 3.62. The maximum absolute atomic E-state index is 12.5. The van der Waals surface area contributed by atoms with E-state index in [1.807, 2.05) is 31.6 Å². The summed E-state index contributed by atoms with van der Waals surface area (Å²) in [5.41, 5.74) is 1.24. The minimum atomic E-state index is -0.192. The molecule has 7 nitrogen and oxygen atoms in total. The molecule has 1 aliphatic heterocycles. The minimum Gasteiger partial charge on any atom is -0.342 e. The number of nitrogens with one attached hydrogen (secondary N) is 2. The summed E-state index contributed by atoms with van der Waals surface area (Å²) in [6.45, 7) is 7.81. The number of hydrogen-bond acceptors (Lipinski definition) is 6. The van der Waals surface area contributed by atoms with Gasteiger partial charge in [0.05, 0.1) is 17.8 Å². The molecule has 0 unspecified atom stereocenters. The molecule has 1 saturated heterocycles. The normalized spacial score (nSPS) is 17.2. The number of aromatic nitrogens is 4. The van der Waals surface area contributed by atoms with E-state index in [9.17, 15) is 4.79 Å². The van der Waals surface area contributed by atoms with Crippen LogP contribution in [-0.2, 0) is 0 Å². The van der Waals surface area contributed by atoms with Crippen LogP contribution in [0, 0.1) is 13.8 Å². The van der Waals surface area contributed by atoms with Gasteiger partial charge < -0.3 is 10.6 Å². The molecule has 124 valence electrons. The Morgan fingerprint density at radius 2 is 2.17 bits per heavy atom. The quantitative estimate of drug-likeness (QED) is 0.890. The van der Waals surface area contributed by atoms with Crippen LogP contribution in [0.4, 0.5) is 0 Å². The van der Waals surface area contributed by atoms with Gasteiger partial charge in [-0.1, -0.05) is 5.21 Å². The highest BCUT2D eigenvalue weighted by atomic mass is 32.1. The number of thiazole rings is 1. The molecule has 0 aliphatic carbocycles. The molecule has 23 heavy (non-hydrogen) atoms. The molecule has 1 aliphatic rings. The summed E-state index contributed by atoms with van der Waals surface area (Å²) in [5, 5.41) is 15.5. The van der Waals surface area contributed by atoms with Gasteiger partial charge in [-0.25, -0.2) is 9.67 Å². The summed E-state index contributed by atoms with van der Waals surface area (Å²) in [7, 11) is 0. The molecule has 2 aromatic heterocycles. The number of piperidine rings is 1. The van der Waals surface area contributed by atoms with Crippen molar-refractivity contribution >= 4 is 17.2 Å². The molecule has 0 spiro atoms. The highest BCUT2D eigenvalue weighted by molar-refractivity contribution is 7.11. The van der Waals surface area contributed by atoms with Crippen LogP contribution in [0.2, 0.25) is 0 Å². The highest BCUT2D eigenvalue weighted by Crippen LogP contribution is 2.22. The zero-order valence-electron chi connectivity index (χ0n) is 13.7. The molecule has 1 atom stereocenters. The third-order valence-corrected chi connectivity index (χ3v) is 5.25. The van der Waals surface area contributed by atoms with Crippen molar-refractivity contribution < 1.29 is 4.79 Å². The summed E-state index contributed by atoms with van der Waals surface area (Å²) in [6, 6.07) is 0.189. The molecular formula is C15H22N6OS. The maximum Gasteiger partial charge on any atom is 0.274 e. The number of hydrogen-bond donors (Lipinski definition) is 2. The van der Waals surface area contributed by atoms with Gasteiger partial charge in [0.25, 0.3) is 5.91 Å². The summed E-state index contributed by atoms with van der Waals surface area (Å²) >= 11 is 1.59. The number of rotatable bonds is 4. The fraction of sp³-hybridized carbons (Fsp3) is 0.600. The van der Waals surface area contributed by atoms with Crippen molar-refractivity contribution in [3.63, 3.8) is 0 Å². The van der Waals surface area contributed by atoms with E-state index in [4.69, 9.17) is 0 Å². The zero-order valence-corrected chi connectivity index (χ0v) is 14.5. The lowest BCUT2D eigenvalue weighted by atomic mass is 10.1. The van der Waals surface area contributed by atoms with Crippen LogP contribution >= 0.6 is 11.3 Å². The minimum absolute atomic E-state index is 0.135. The first kappa shape index (κ1) is 16.1. The van der Waals surface area contributed by atoms with Crippen LogP contribution < -0.4 is 10.6 Å². The van der Waals surface area contributed by atoms with Crippen molar-refractivity contribution in [2.75, 3.05) is 13.1 Å². The van der Waals surface area contributed by atoms with E-state index >= 15 is 0 Å². The average Bonchev–Trinajstić information content (AvgIpc) is 3.14. The number of carbonyl (C=O) groups excluding carboxylic acids is 1. The monoisotopic (exact) mass is 334 g/mol. The van der Waals surface area contributed by atoms with Crippen molar-refractivity contribution in [1.82, 2.24) is 30.6 Å². The zero-order chi connectivity index (χ0) is 16.4. The van der Waals surface area contributed by atoms with Crippen molar-refractivity contribution in [1.29, 1.82) is 0 Å². The molecule has 0 bridgehead atoms. The molecular weight excluding hydrogens is 312 g/mol. The van der Waals surface area contributed by atoms with Crippen LogP contribution in [-0.4, -0.2) is 39.0 Å². The van der Waals surface area contributed by atoms with Gasteiger partial charge in [-0.05, 0) is 46.7 Å². The Balaban J connectivity index is 1.71. The Hall–Kier alpha value is -1.80. The Morgan fingerprint density at radius 3 is 2.83 bits per heavy atom. The Bertz CT molecular complexity index is 688. The van der Waals surface area contributed by atoms with Gasteiger partial charge in [0.2, 0.25) is 0 Å². The van der Waals surface area contributed by atoms with Gasteiger partial charge in [0, 0.05) is 11.1 Å². The summed E-state index contributed by atoms with van der Waals surface area (Å²) in [4.78, 5) is 17.9. The van der Waals surface area contributed by atoms with Crippen LogP contribution in [0.1, 0.15) is 57.9 Å². The van der Waals surface area contributed by atoms with Crippen LogP contribution in [0.25, 0.3) is 0 Å². The fourth-order valence-electron chi connectivity index (χ4n) is 2.85. The molecule has 2 aromatic rings. The molecule has 2 N–H and O–H groups in total. The van der Waals surface area contributed by atoms with Gasteiger partial charge in [-0.15, -0.1) is 16.4 Å². The molecule has 1 amide bonds. The topological polar surface area (TPSA) is 84.7 Å². The van der Waals surface area contributed by atoms with Gasteiger partial charge in [0.15, 0.2) is 5.69 Å². The van der Waals surface area contributed by atoms with E-state index in [0.29, 0.717) is 11.7 Å². The first-order valence-corrected chi connectivity index (χ1v) is 8.73. The lowest BCUT2D eigenvalue weighted by Crippen LogP contribution is -2.30. The summed E-state index contributed by atoms with van der Waals surface area (Å²) in [6.07, 6.45) is 3.85. The largest absolute Gasteiger partial charge is 0.342 e. The van der Waals surface area contributed by atoms with E-state index in [-0.39, 0.29) is 11.9 Å². The summed E-state index contributed by atoms with van der Waals surface area (Å²) < 4.78 is 1.90. The predicted molar refractivity (Wildman–Crippen MR) is 88.6 cm³/mol. The molecule has 8 heteroatoms. The van der Waals surface area contributed by atoms with Crippen LogP contribution in [0.5, 0.6) is 0 Å². The first-order chi connectivity index (χ1) is 11.1. The second kappa shape index (κ2) is 6.76.